The number of H-pyrrole nitrogens is 1. The lowest BCUT2D eigenvalue weighted by atomic mass is 10.1. The molecule has 0 spiro atoms. The molecule has 0 saturated heterocycles. The first-order chi connectivity index (χ1) is 8.29. The standard InChI is InChI=1S/C13H12N2O2/c1-2-10-3-5-11(6-4-10)8-17-13(16)12-7-14-9-15-12/h2-7,9H,1,8H2,(H,14,15). The topological polar surface area (TPSA) is 55.0 Å². The summed E-state index contributed by atoms with van der Waals surface area (Å²) in [5, 5.41) is 0. The molecule has 2 rings (SSSR count). The number of aromatic amines is 1. The highest BCUT2D eigenvalue weighted by Crippen LogP contribution is 2.07. The Hall–Kier alpha value is -2.36. The number of carbonyl (C=O) groups excluding carboxylic acids is 1. The van der Waals surface area contributed by atoms with Crippen LogP contribution in [0.5, 0.6) is 0 Å². The Labute approximate surface area is 99.0 Å². The molecule has 17 heavy (non-hydrogen) atoms. The van der Waals surface area contributed by atoms with Crippen LogP contribution in [-0.4, -0.2) is 15.9 Å². The number of imidazole rings is 1. The molecule has 4 nitrogen and oxygen atoms in total. The van der Waals surface area contributed by atoms with E-state index in [9.17, 15) is 4.79 Å². The third kappa shape index (κ3) is 2.81. The van der Waals surface area contributed by atoms with Gasteiger partial charge in [0, 0.05) is 0 Å². The lowest BCUT2D eigenvalue weighted by Gasteiger charge is -2.03. The third-order valence-corrected chi connectivity index (χ3v) is 2.30. The molecule has 1 heterocycles. The van der Waals surface area contributed by atoms with Gasteiger partial charge in [0.05, 0.1) is 12.5 Å². The second kappa shape index (κ2) is 5.12. The van der Waals surface area contributed by atoms with Gasteiger partial charge in [-0.3, -0.25) is 0 Å². The molecule has 4 heteroatoms. The van der Waals surface area contributed by atoms with E-state index in [2.05, 4.69) is 16.5 Å². The van der Waals surface area contributed by atoms with Crippen molar-refractivity contribution in [2.45, 2.75) is 6.61 Å². The average molecular weight is 228 g/mol. The van der Waals surface area contributed by atoms with Crippen molar-refractivity contribution >= 4 is 12.0 Å². The molecule has 0 aliphatic heterocycles. The van der Waals surface area contributed by atoms with Crippen LogP contribution in [0.4, 0.5) is 0 Å². The van der Waals surface area contributed by atoms with Crippen molar-refractivity contribution in [1.29, 1.82) is 0 Å². The van der Waals surface area contributed by atoms with Gasteiger partial charge in [-0.15, -0.1) is 0 Å². The van der Waals surface area contributed by atoms with E-state index in [1.54, 1.807) is 6.08 Å². The van der Waals surface area contributed by atoms with Crippen LogP contribution in [0.25, 0.3) is 6.08 Å². The zero-order valence-corrected chi connectivity index (χ0v) is 9.22. The molecule has 0 amide bonds. The maximum atomic E-state index is 11.5. The minimum atomic E-state index is -0.407. The number of rotatable bonds is 4. The molecule has 0 aliphatic carbocycles. The predicted octanol–water partition coefficient (Wildman–Crippen LogP) is 2.41. The molecular formula is C13H12N2O2. The minimum absolute atomic E-state index is 0.245. The van der Waals surface area contributed by atoms with Crippen molar-refractivity contribution in [3.8, 4) is 0 Å². The van der Waals surface area contributed by atoms with Crippen LogP contribution >= 0.6 is 0 Å². The van der Waals surface area contributed by atoms with Gasteiger partial charge in [0.2, 0.25) is 0 Å². The van der Waals surface area contributed by atoms with Crippen LogP contribution in [0.2, 0.25) is 0 Å². The molecule has 86 valence electrons. The number of benzene rings is 1. The van der Waals surface area contributed by atoms with Gasteiger partial charge in [-0.05, 0) is 11.1 Å². The Bertz CT molecular complexity index is 501. The van der Waals surface area contributed by atoms with Gasteiger partial charge < -0.3 is 9.72 Å². The lowest BCUT2D eigenvalue weighted by Crippen LogP contribution is -2.05. The van der Waals surface area contributed by atoms with Crippen LogP contribution in [-0.2, 0) is 11.3 Å². The summed E-state index contributed by atoms with van der Waals surface area (Å²) in [6.45, 7) is 3.92. The van der Waals surface area contributed by atoms with Gasteiger partial charge in [0.1, 0.15) is 12.3 Å². The van der Waals surface area contributed by atoms with E-state index < -0.39 is 5.97 Å². The van der Waals surface area contributed by atoms with Crippen LogP contribution in [0.1, 0.15) is 21.6 Å². The van der Waals surface area contributed by atoms with E-state index in [-0.39, 0.29) is 6.61 Å². The van der Waals surface area contributed by atoms with Crippen molar-refractivity contribution in [1.82, 2.24) is 9.97 Å². The Balaban J connectivity index is 1.93. The summed E-state index contributed by atoms with van der Waals surface area (Å²) >= 11 is 0. The van der Waals surface area contributed by atoms with Gasteiger partial charge in [0.15, 0.2) is 0 Å². The average Bonchev–Trinajstić information content (AvgIpc) is 2.90. The highest BCUT2D eigenvalue weighted by atomic mass is 16.5. The first-order valence-corrected chi connectivity index (χ1v) is 5.16. The fourth-order valence-electron chi connectivity index (χ4n) is 1.34. The first kappa shape index (κ1) is 11.1. The number of nitrogens with one attached hydrogen (secondary N) is 1. The summed E-state index contributed by atoms with van der Waals surface area (Å²) in [6, 6.07) is 7.65. The van der Waals surface area contributed by atoms with E-state index in [4.69, 9.17) is 4.74 Å². The maximum absolute atomic E-state index is 11.5. The van der Waals surface area contributed by atoms with E-state index >= 15 is 0 Å². The van der Waals surface area contributed by atoms with Crippen molar-refractivity contribution in [2.24, 2.45) is 0 Å². The monoisotopic (exact) mass is 228 g/mol. The molecule has 0 radical (unpaired) electrons. The number of carbonyl (C=O) groups is 1. The number of hydrogen-bond donors (Lipinski definition) is 1. The van der Waals surface area contributed by atoms with Crippen molar-refractivity contribution in [3.63, 3.8) is 0 Å². The summed E-state index contributed by atoms with van der Waals surface area (Å²) in [5.41, 5.74) is 2.32. The molecule has 1 N–H and O–H groups in total. The fraction of sp³-hybridized carbons (Fsp3) is 0.0769. The maximum Gasteiger partial charge on any atom is 0.356 e. The Kier molecular flexibility index (Phi) is 3.35. The van der Waals surface area contributed by atoms with Gasteiger partial charge in [-0.25, -0.2) is 9.78 Å². The predicted molar refractivity (Wildman–Crippen MR) is 64.2 cm³/mol. The summed E-state index contributed by atoms with van der Waals surface area (Å²) in [6.07, 6.45) is 4.64. The summed E-state index contributed by atoms with van der Waals surface area (Å²) in [4.78, 5) is 17.9. The highest BCUT2D eigenvalue weighted by Gasteiger charge is 2.07. The molecule has 2 aromatic rings. The second-order valence-corrected chi connectivity index (χ2v) is 3.49. The molecular weight excluding hydrogens is 216 g/mol. The van der Waals surface area contributed by atoms with E-state index in [0.717, 1.165) is 11.1 Å². The number of esters is 1. The van der Waals surface area contributed by atoms with Crippen LogP contribution in [0.3, 0.4) is 0 Å². The Morgan fingerprint density at radius 1 is 1.41 bits per heavy atom. The summed E-state index contributed by atoms with van der Waals surface area (Å²) in [7, 11) is 0. The molecule has 0 unspecified atom stereocenters. The number of aromatic nitrogens is 2. The Morgan fingerprint density at radius 2 is 2.18 bits per heavy atom. The number of hydrogen-bond acceptors (Lipinski definition) is 3. The number of ether oxygens (including phenoxy) is 1. The van der Waals surface area contributed by atoms with Crippen molar-refractivity contribution in [3.05, 3.63) is 60.2 Å². The van der Waals surface area contributed by atoms with Gasteiger partial charge in [-0.2, -0.15) is 0 Å². The molecule has 0 bridgehead atoms. The quantitative estimate of drug-likeness (QED) is 0.817. The fourth-order valence-corrected chi connectivity index (χ4v) is 1.34. The molecule has 0 atom stereocenters. The van der Waals surface area contributed by atoms with Crippen LogP contribution in [0.15, 0.2) is 43.4 Å². The smallest absolute Gasteiger partial charge is 0.356 e. The van der Waals surface area contributed by atoms with Crippen molar-refractivity contribution < 1.29 is 9.53 Å². The third-order valence-electron chi connectivity index (χ3n) is 2.30. The highest BCUT2D eigenvalue weighted by molar-refractivity contribution is 5.86. The van der Waals surface area contributed by atoms with Crippen LogP contribution in [0, 0.1) is 0 Å². The summed E-state index contributed by atoms with van der Waals surface area (Å²) < 4.78 is 5.11. The lowest BCUT2D eigenvalue weighted by molar-refractivity contribution is 0.0466. The Morgan fingerprint density at radius 3 is 2.76 bits per heavy atom. The van der Waals surface area contributed by atoms with E-state index in [1.165, 1.54) is 12.5 Å². The first-order valence-electron chi connectivity index (χ1n) is 5.16. The zero-order valence-electron chi connectivity index (χ0n) is 9.22. The zero-order chi connectivity index (χ0) is 12.1. The number of nitrogens with zero attached hydrogens (tertiary/aromatic N) is 1. The largest absolute Gasteiger partial charge is 0.456 e. The van der Waals surface area contributed by atoms with E-state index in [0.29, 0.717) is 5.69 Å². The van der Waals surface area contributed by atoms with Gasteiger partial charge >= 0.3 is 5.97 Å². The molecule has 0 aliphatic rings. The molecule has 0 saturated carbocycles. The SMILES string of the molecule is C=Cc1ccc(COC(=O)c2cnc[nH]2)cc1. The summed E-state index contributed by atoms with van der Waals surface area (Å²) in [5.74, 6) is -0.407. The van der Waals surface area contributed by atoms with Gasteiger partial charge in [0.25, 0.3) is 0 Å². The second-order valence-electron chi connectivity index (χ2n) is 3.49. The van der Waals surface area contributed by atoms with Crippen LogP contribution < -0.4 is 0 Å². The molecule has 1 aromatic heterocycles. The van der Waals surface area contributed by atoms with E-state index in [1.807, 2.05) is 24.3 Å². The molecule has 1 aromatic carbocycles. The van der Waals surface area contributed by atoms with Gasteiger partial charge in [-0.1, -0.05) is 36.9 Å². The molecule has 0 fully saturated rings. The minimum Gasteiger partial charge on any atom is -0.456 e. The normalized spacial score (nSPS) is 9.88. The van der Waals surface area contributed by atoms with Crippen molar-refractivity contribution in [2.75, 3.05) is 0 Å².